The van der Waals surface area contributed by atoms with Gasteiger partial charge in [-0.05, 0) is 62.0 Å². The predicted octanol–water partition coefficient (Wildman–Crippen LogP) is 3.72. The molecule has 1 heterocycles. The normalized spacial score (nSPS) is 13.9. The van der Waals surface area contributed by atoms with Crippen LogP contribution in [0.25, 0.3) is 0 Å². The second kappa shape index (κ2) is 10.8. The second-order valence-electron chi connectivity index (χ2n) is 8.16. The van der Waals surface area contributed by atoms with E-state index < -0.39 is 0 Å². The third-order valence-corrected chi connectivity index (χ3v) is 5.94. The Kier molecular flexibility index (Phi) is 8.14. The summed E-state index contributed by atoms with van der Waals surface area (Å²) in [5.74, 6) is 0.104. The van der Waals surface area contributed by atoms with Gasteiger partial charge >= 0.3 is 0 Å². The minimum Gasteiger partial charge on any atom is -0.376 e. The monoisotopic (exact) mass is 428 g/mol. The first kappa shape index (κ1) is 22.6. The number of benzene rings is 2. The Morgan fingerprint density at radius 2 is 1.90 bits per heavy atom. The molecule has 1 aliphatic rings. The van der Waals surface area contributed by atoms with Crippen LogP contribution in [0.15, 0.2) is 42.5 Å². The van der Waals surface area contributed by atoms with E-state index in [2.05, 4.69) is 40.2 Å². The first-order chi connectivity index (χ1) is 14.5. The summed E-state index contributed by atoms with van der Waals surface area (Å²) in [6, 6.07) is 14.1. The summed E-state index contributed by atoms with van der Waals surface area (Å²) in [5.41, 5.74) is 4.89. The Balaban J connectivity index is 1.67. The number of anilines is 1. The van der Waals surface area contributed by atoms with Crippen molar-refractivity contribution >= 4 is 23.2 Å². The molecule has 162 valence electrons. The highest BCUT2D eigenvalue weighted by Crippen LogP contribution is 2.26. The Labute approximate surface area is 185 Å². The molecule has 0 radical (unpaired) electrons. The molecule has 0 saturated heterocycles. The van der Waals surface area contributed by atoms with Gasteiger partial charge in [0.2, 0.25) is 5.91 Å². The van der Waals surface area contributed by atoms with E-state index in [1.54, 1.807) is 0 Å². The van der Waals surface area contributed by atoms with Crippen LogP contribution in [0.3, 0.4) is 0 Å². The molecule has 3 rings (SSSR count). The Morgan fingerprint density at radius 3 is 2.60 bits per heavy atom. The zero-order valence-corrected chi connectivity index (χ0v) is 19.1. The molecule has 6 heteroatoms. The van der Waals surface area contributed by atoms with Crippen LogP contribution in [0.5, 0.6) is 0 Å². The lowest BCUT2D eigenvalue weighted by molar-refractivity contribution is -0.130. The van der Waals surface area contributed by atoms with Crippen LogP contribution in [0.4, 0.5) is 5.69 Å². The standard InChI is InChI=1S/C24H33ClN4O/c1-4-28-13-12-20-6-5-7-23(22(20)18-28)26-16-24(30)29(15-14-27(2)3)17-19-8-10-21(25)11-9-19/h5-11,26H,4,12-18H2,1-3H3. The molecule has 0 bridgehead atoms. The Hall–Kier alpha value is -2.08. The molecule has 2 aromatic rings. The third-order valence-electron chi connectivity index (χ3n) is 5.69. The van der Waals surface area contributed by atoms with Gasteiger partial charge in [-0.3, -0.25) is 9.69 Å². The first-order valence-corrected chi connectivity index (χ1v) is 11.1. The van der Waals surface area contributed by atoms with E-state index >= 15 is 0 Å². The zero-order chi connectivity index (χ0) is 21.5. The van der Waals surface area contributed by atoms with Crippen LogP contribution < -0.4 is 5.32 Å². The van der Waals surface area contributed by atoms with Crippen molar-refractivity contribution < 1.29 is 4.79 Å². The smallest absolute Gasteiger partial charge is 0.242 e. The molecular weight excluding hydrogens is 396 g/mol. The van der Waals surface area contributed by atoms with Gasteiger partial charge in [-0.2, -0.15) is 0 Å². The van der Waals surface area contributed by atoms with Gasteiger partial charge in [0.25, 0.3) is 0 Å². The predicted molar refractivity (Wildman–Crippen MR) is 125 cm³/mol. The number of hydrogen-bond donors (Lipinski definition) is 1. The number of fused-ring (bicyclic) bond motifs is 1. The van der Waals surface area contributed by atoms with Crippen LogP contribution in [0.1, 0.15) is 23.6 Å². The molecule has 0 aliphatic carbocycles. The molecule has 0 spiro atoms. The maximum Gasteiger partial charge on any atom is 0.242 e. The maximum atomic E-state index is 13.1. The van der Waals surface area contributed by atoms with Crippen molar-refractivity contribution in [2.24, 2.45) is 0 Å². The highest BCUT2D eigenvalue weighted by Gasteiger charge is 2.19. The van der Waals surface area contributed by atoms with Gasteiger partial charge in [0, 0.05) is 43.4 Å². The van der Waals surface area contributed by atoms with E-state index in [0.29, 0.717) is 24.7 Å². The number of rotatable bonds is 9. The molecule has 0 unspecified atom stereocenters. The summed E-state index contributed by atoms with van der Waals surface area (Å²) in [6.45, 7) is 7.68. The van der Waals surface area contributed by atoms with Crippen molar-refractivity contribution in [2.45, 2.75) is 26.4 Å². The van der Waals surface area contributed by atoms with Gasteiger partial charge < -0.3 is 15.1 Å². The van der Waals surface area contributed by atoms with E-state index in [9.17, 15) is 4.79 Å². The summed E-state index contributed by atoms with van der Waals surface area (Å²) in [7, 11) is 4.05. The van der Waals surface area contributed by atoms with Crippen molar-refractivity contribution in [1.29, 1.82) is 0 Å². The zero-order valence-electron chi connectivity index (χ0n) is 18.3. The van der Waals surface area contributed by atoms with Crippen molar-refractivity contribution in [3.8, 4) is 0 Å². The fourth-order valence-corrected chi connectivity index (χ4v) is 3.90. The molecule has 1 amide bonds. The lowest BCUT2D eigenvalue weighted by Gasteiger charge is -2.30. The quantitative estimate of drug-likeness (QED) is 0.660. The van der Waals surface area contributed by atoms with Gasteiger partial charge in [-0.1, -0.05) is 42.8 Å². The number of likely N-dealkylation sites (N-methyl/N-ethyl adjacent to an activating group) is 2. The molecular formula is C24H33ClN4O. The van der Waals surface area contributed by atoms with E-state index in [4.69, 9.17) is 11.6 Å². The fourth-order valence-electron chi connectivity index (χ4n) is 3.78. The third kappa shape index (κ3) is 6.21. The topological polar surface area (TPSA) is 38.8 Å². The minimum atomic E-state index is 0.104. The van der Waals surface area contributed by atoms with Gasteiger partial charge in [0.1, 0.15) is 0 Å². The van der Waals surface area contributed by atoms with Gasteiger partial charge in [0.05, 0.1) is 6.54 Å². The SMILES string of the molecule is CCN1CCc2cccc(NCC(=O)N(CCN(C)C)Cc3ccc(Cl)cc3)c2C1. The number of carbonyl (C=O) groups is 1. The lowest BCUT2D eigenvalue weighted by Crippen LogP contribution is -2.39. The van der Waals surface area contributed by atoms with Crippen LogP contribution in [-0.2, 0) is 24.3 Å². The molecule has 0 fully saturated rings. The van der Waals surface area contributed by atoms with E-state index in [0.717, 1.165) is 43.9 Å². The molecule has 1 aliphatic heterocycles. The summed E-state index contributed by atoms with van der Waals surface area (Å²) >= 11 is 6.01. The van der Waals surface area contributed by atoms with Gasteiger partial charge in [-0.15, -0.1) is 0 Å². The van der Waals surface area contributed by atoms with Crippen LogP contribution in [0, 0.1) is 0 Å². The second-order valence-corrected chi connectivity index (χ2v) is 8.60. The van der Waals surface area contributed by atoms with Gasteiger partial charge in [0.15, 0.2) is 0 Å². The van der Waals surface area contributed by atoms with Crippen molar-refractivity contribution in [1.82, 2.24) is 14.7 Å². The maximum absolute atomic E-state index is 13.1. The van der Waals surface area contributed by atoms with Crippen molar-refractivity contribution in [3.63, 3.8) is 0 Å². The van der Waals surface area contributed by atoms with E-state index in [1.807, 2.05) is 43.3 Å². The fraction of sp³-hybridized carbons (Fsp3) is 0.458. The molecule has 0 aromatic heterocycles. The summed E-state index contributed by atoms with van der Waals surface area (Å²) in [6.07, 6.45) is 1.07. The number of halogens is 1. The highest BCUT2D eigenvalue weighted by molar-refractivity contribution is 6.30. The van der Waals surface area contributed by atoms with E-state index in [-0.39, 0.29) is 5.91 Å². The van der Waals surface area contributed by atoms with Gasteiger partial charge in [-0.25, -0.2) is 0 Å². The largest absolute Gasteiger partial charge is 0.376 e. The minimum absolute atomic E-state index is 0.104. The summed E-state index contributed by atoms with van der Waals surface area (Å²) < 4.78 is 0. The average Bonchev–Trinajstić information content (AvgIpc) is 2.75. The molecule has 0 atom stereocenters. The van der Waals surface area contributed by atoms with E-state index in [1.165, 1.54) is 11.1 Å². The highest BCUT2D eigenvalue weighted by atomic mass is 35.5. The molecule has 0 saturated carbocycles. The Morgan fingerprint density at radius 1 is 1.13 bits per heavy atom. The van der Waals surface area contributed by atoms with Crippen molar-refractivity contribution in [2.75, 3.05) is 52.1 Å². The number of nitrogens with zero attached hydrogens (tertiary/aromatic N) is 3. The number of hydrogen-bond acceptors (Lipinski definition) is 4. The first-order valence-electron chi connectivity index (χ1n) is 10.7. The molecule has 30 heavy (non-hydrogen) atoms. The lowest BCUT2D eigenvalue weighted by atomic mass is 9.98. The van der Waals surface area contributed by atoms with Crippen LogP contribution in [-0.4, -0.2) is 67.4 Å². The number of carbonyl (C=O) groups excluding carboxylic acids is 1. The number of amides is 1. The molecule has 2 aromatic carbocycles. The number of nitrogens with one attached hydrogen (secondary N) is 1. The Bertz CT molecular complexity index is 838. The summed E-state index contributed by atoms with van der Waals surface area (Å²) in [5, 5.41) is 4.14. The summed E-state index contributed by atoms with van der Waals surface area (Å²) in [4.78, 5) is 19.6. The van der Waals surface area contributed by atoms with Crippen LogP contribution in [0.2, 0.25) is 5.02 Å². The van der Waals surface area contributed by atoms with Crippen molar-refractivity contribution in [3.05, 3.63) is 64.2 Å². The molecule has 1 N–H and O–H groups in total. The average molecular weight is 429 g/mol. The van der Waals surface area contributed by atoms with Crippen LogP contribution >= 0.6 is 11.6 Å². The molecule has 5 nitrogen and oxygen atoms in total.